The molecule has 0 aliphatic rings. The quantitative estimate of drug-likeness (QED) is 0.664. The standard InChI is InChI=1S/C14H12BrN3O3/c15-13-5-4-11(18(20)21)9-12(13)14(19)17-8-6-10-3-1-2-7-16-10/h1-5,7,9H,6,8H2,(H,17,19). The Hall–Kier alpha value is -2.28. The van der Waals surface area contributed by atoms with Gasteiger partial charge < -0.3 is 5.32 Å². The van der Waals surface area contributed by atoms with Gasteiger partial charge >= 0.3 is 0 Å². The van der Waals surface area contributed by atoms with Crippen molar-refractivity contribution in [2.45, 2.75) is 6.42 Å². The van der Waals surface area contributed by atoms with Gasteiger partial charge in [0, 0.05) is 41.5 Å². The third-order valence-electron chi connectivity index (χ3n) is 2.80. The van der Waals surface area contributed by atoms with E-state index in [-0.39, 0.29) is 17.2 Å². The number of amides is 1. The zero-order chi connectivity index (χ0) is 15.2. The minimum atomic E-state index is -0.531. The number of nitro benzene ring substituents is 1. The van der Waals surface area contributed by atoms with Crippen LogP contribution in [0.2, 0.25) is 0 Å². The summed E-state index contributed by atoms with van der Waals surface area (Å²) in [6, 6.07) is 9.65. The molecule has 7 heteroatoms. The Morgan fingerprint density at radius 3 is 2.81 bits per heavy atom. The van der Waals surface area contributed by atoms with E-state index >= 15 is 0 Å². The molecule has 1 aromatic carbocycles. The number of benzene rings is 1. The number of nitrogens with one attached hydrogen (secondary N) is 1. The molecular weight excluding hydrogens is 338 g/mol. The molecule has 108 valence electrons. The van der Waals surface area contributed by atoms with E-state index in [2.05, 4.69) is 26.2 Å². The summed E-state index contributed by atoms with van der Waals surface area (Å²) in [5, 5.41) is 13.5. The predicted molar refractivity (Wildman–Crippen MR) is 81.1 cm³/mol. The summed E-state index contributed by atoms with van der Waals surface area (Å²) in [5.41, 5.74) is 0.995. The molecule has 21 heavy (non-hydrogen) atoms. The summed E-state index contributed by atoms with van der Waals surface area (Å²) in [6.45, 7) is 0.408. The van der Waals surface area contributed by atoms with Gasteiger partial charge in [0.1, 0.15) is 0 Å². The molecule has 1 aromatic heterocycles. The summed E-state index contributed by atoms with van der Waals surface area (Å²) in [6.07, 6.45) is 2.29. The number of carbonyl (C=O) groups is 1. The molecule has 6 nitrogen and oxygen atoms in total. The van der Waals surface area contributed by atoms with Gasteiger partial charge in [-0.25, -0.2) is 0 Å². The molecule has 0 aliphatic carbocycles. The van der Waals surface area contributed by atoms with Crippen LogP contribution < -0.4 is 5.32 Å². The maximum absolute atomic E-state index is 12.0. The number of halogens is 1. The molecule has 0 atom stereocenters. The third-order valence-corrected chi connectivity index (χ3v) is 3.49. The van der Waals surface area contributed by atoms with Crippen LogP contribution in [0.15, 0.2) is 47.1 Å². The minimum Gasteiger partial charge on any atom is -0.352 e. The zero-order valence-electron chi connectivity index (χ0n) is 11.0. The number of non-ortho nitro benzene ring substituents is 1. The van der Waals surface area contributed by atoms with E-state index in [9.17, 15) is 14.9 Å². The Labute approximate surface area is 129 Å². The minimum absolute atomic E-state index is 0.118. The van der Waals surface area contributed by atoms with Gasteiger partial charge in [0.15, 0.2) is 0 Å². The number of rotatable bonds is 5. The van der Waals surface area contributed by atoms with E-state index in [4.69, 9.17) is 0 Å². The Morgan fingerprint density at radius 2 is 2.14 bits per heavy atom. The zero-order valence-corrected chi connectivity index (χ0v) is 12.5. The molecule has 2 rings (SSSR count). The molecule has 0 saturated carbocycles. The summed E-state index contributed by atoms with van der Waals surface area (Å²) in [5.74, 6) is -0.360. The second-order valence-corrected chi connectivity index (χ2v) is 5.10. The highest BCUT2D eigenvalue weighted by Gasteiger charge is 2.15. The lowest BCUT2D eigenvalue weighted by Gasteiger charge is -2.06. The predicted octanol–water partition coefficient (Wildman–Crippen LogP) is 2.72. The normalized spacial score (nSPS) is 10.1. The number of carbonyl (C=O) groups excluding carboxylic acids is 1. The van der Waals surface area contributed by atoms with Crippen molar-refractivity contribution >= 4 is 27.5 Å². The Morgan fingerprint density at radius 1 is 1.33 bits per heavy atom. The molecule has 0 aliphatic heterocycles. The largest absolute Gasteiger partial charge is 0.352 e. The van der Waals surface area contributed by atoms with Crippen molar-refractivity contribution < 1.29 is 9.72 Å². The molecule has 2 aromatic rings. The molecule has 0 fully saturated rings. The summed E-state index contributed by atoms with van der Waals surface area (Å²) < 4.78 is 0.517. The van der Waals surface area contributed by atoms with Crippen LogP contribution in [-0.4, -0.2) is 22.4 Å². The van der Waals surface area contributed by atoms with Crippen molar-refractivity contribution in [1.82, 2.24) is 10.3 Å². The smallest absolute Gasteiger partial charge is 0.270 e. The van der Waals surface area contributed by atoms with Crippen LogP contribution in [0.3, 0.4) is 0 Å². The molecule has 0 saturated heterocycles. The van der Waals surface area contributed by atoms with Crippen LogP contribution in [-0.2, 0) is 6.42 Å². The second-order valence-electron chi connectivity index (χ2n) is 4.25. The first-order valence-corrected chi connectivity index (χ1v) is 6.99. The maximum atomic E-state index is 12.0. The Bertz CT molecular complexity index is 662. The highest BCUT2D eigenvalue weighted by atomic mass is 79.9. The van der Waals surface area contributed by atoms with Gasteiger partial charge in [0.05, 0.1) is 10.5 Å². The van der Waals surface area contributed by atoms with Gasteiger partial charge in [-0.2, -0.15) is 0 Å². The van der Waals surface area contributed by atoms with Gasteiger partial charge in [-0.1, -0.05) is 6.07 Å². The molecule has 1 N–H and O–H groups in total. The van der Waals surface area contributed by atoms with E-state index in [0.29, 0.717) is 17.4 Å². The number of hydrogen-bond donors (Lipinski definition) is 1. The van der Waals surface area contributed by atoms with Crippen molar-refractivity contribution in [3.8, 4) is 0 Å². The lowest BCUT2D eigenvalue weighted by molar-refractivity contribution is -0.384. The van der Waals surface area contributed by atoms with Crippen LogP contribution in [0.25, 0.3) is 0 Å². The number of pyridine rings is 1. The topological polar surface area (TPSA) is 85.1 Å². The van der Waals surface area contributed by atoms with Crippen LogP contribution in [0.5, 0.6) is 0 Å². The van der Waals surface area contributed by atoms with Crippen molar-refractivity contribution in [3.05, 3.63) is 68.4 Å². The summed E-state index contributed by atoms with van der Waals surface area (Å²) in [4.78, 5) is 26.4. The van der Waals surface area contributed by atoms with Gasteiger partial charge in [-0.15, -0.1) is 0 Å². The van der Waals surface area contributed by atoms with Gasteiger partial charge in [-0.3, -0.25) is 19.9 Å². The number of hydrogen-bond acceptors (Lipinski definition) is 4. The van der Waals surface area contributed by atoms with Gasteiger partial charge in [0.25, 0.3) is 11.6 Å². The third kappa shape index (κ3) is 4.09. The number of aromatic nitrogens is 1. The molecule has 1 amide bonds. The summed E-state index contributed by atoms with van der Waals surface area (Å²) >= 11 is 3.22. The van der Waals surface area contributed by atoms with Crippen LogP contribution >= 0.6 is 15.9 Å². The number of nitro groups is 1. The summed E-state index contributed by atoms with van der Waals surface area (Å²) in [7, 11) is 0. The molecule has 0 radical (unpaired) electrons. The van der Waals surface area contributed by atoms with Gasteiger partial charge in [-0.05, 0) is 34.1 Å². The highest BCUT2D eigenvalue weighted by molar-refractivity contribution is 9.10. The fourth-order valence-electron chi connectivity index (χ4n) is 1.75. The number of nitrogens with zero attached hydrogens (tertiary/aromatic N) is 2. The lowest BCUT2D eigenvalue weighted by atomic mass is 10.2. The fourth-order valence-corrected chi connectivity index (χ4v) is 2.17. The van der Waals surface area contributed by atoms with E-state index in [1.165, 1.54) is 18.2 Å². The molecule has 0 bridgehead atoms. The lowest BCUT2D eigenvalue weighted by Crippen LogP contribution is -2.26. The first-order chi connectivity index (χ1) is 10.1. The van der Waals surface area contributed by atoms with Crippen molar-refractivity contribution in [1.29, 1.82) is 0 Å². The van der Waals surface area contributed by atoms with Crippen LogP contribution in [0.4, 0.5) is 5.69 Å². The Kier molecular flexibility index (Phi) is 4.99. The highest BCUT2D eigenvalue weighted by Crippen LogP contribution is 2.22. The van der Waals surface area contributed by atoms with Crippen LogP contribution in [0, 0.1) is 10.1 Å². The average Bonchev–Trinajstić information content (AvgIpc) is 2.48. The molecule has 1 heterocycles. The van der Waals surface area contributed by atoms with Crippen molar-refractivity contribution in [3.63, 3.8) is 0 Å². The molecule has 0 unspecified atom stereocenters. The van der Waals surface area contributed by atoms with E-state index in [1.807, 2.05) is 18.2 Å². The van der Waals surface area contributed by atoms with Gasteiger partial charge in [0.2, 0.25) is 0 Å². The van der Waals surface area contributed by atoms with Crippen molar-refractivity contribution in [2.75, 3.05) is 6.54 Å². The van der Waals surface area contributed by atoms with E-state index < -0.39 is 4.92 Å². The first-order valence-electron chi connectivity index (χ1n) is 6.20. The van der Waals surface area contributed by atoms with Crippen LogP contribution in [0.1, 0.15) is 16.1 Å². The van der Waals surface area contributed by atoms with Crippen molar-refractivity contribution in [2.24, 2.45) is 0 Å². The molecular formula is C14H12BrN3O3. The average molecular weight is 350 g/mol. The monoisotopic (exact) mass is 349 g/mol. The van der Waals surface area contributed by atoms with E-state index in [1.54, 1.807) is 6.20 Å². The maximum Gasteiger partial charge on any atom is 0.270 e. The first kappa shape index (κ1) is 15.1. The Balaban J connectivity index is 2.00. The second kappa shape index (κ2) is 6.94. The molecule has 0 spiro atoms. The SMILES string of the molecule is O=C(NCCc1ccccn1)c1cc([N+](=O)[O-])ccc1Br. The van der Waals surface area contributed by atoms with E-state index in [0.717, 1.165) is 5.69 Å². The fraction of sp³-hybridized carbons (Fsp3) is 0.143.